The van der Waals surface area contributed by atoms with Gasteiger partial charge in [-0.3, -0.25) is 4.68 Å². The van der Waals surface area contributed by atoms with Gasteiger partial charge in [0.25, 0.3) is 0 Å². The molecule has 1 heterocycles. The number of hydrogen-bond donors (Lipinski definition) is 0. The first-order valence-electron chi connectivity index (χ1n) is 4.79. The van der Waals surface area contributed by atoms with Crippen LogP contribution in [0.25, 0.3) is 0 Å². The molecular formula is C10H17ClN2. The molecule has 1 aromatic heterocycles. The molecule has 0 N–H and O–H groups in total. The maximum absolute atomic E-state index is 5.99. The van der Waals surface area contributed by atoms with Crippen LogP contribution in [0.4, 0.5) is 0 Å². The molecule has 74 valence electrons. The van der Waals surface area contributed by atoms with Crippen LogP contribution in [0.1, 0.15) is 26.3 Å². The van der Waals surface area contributed by atoms with Gasteiger partial charge in [0.2, 0.25) is 0 Å². The van der Waals surface area contributed by atoms with Gasteiger partial charge in [-0.2, -0.15) is 5.10 Å². The molecule has 0 fully saturated rings. The molecule has 0 aliphatic heterocycles. The van der Waals surface area contributed by atoms with Gasteiger partial charge in [0.05, 0.1) is 6.20 Å². The lowest BCUT2D eigenvalue weighted by molar-refractivity contribution is 0.567. The Morgan fingerprint density at radius 1 is 1.54 bits per heavy atom. The fraction of sp³-hybridized carbons (Fsp3) is 0.700. The molecule has 2 nitrogen and oxygen atoms in total. The van der Waals surface area contributed by atoms with Gasteiger partial charge in [-0.1, -0.05) is 6.92 Å². The summed E-state index contributed by atoms with van der Waals surface area (Å²) >= 11 is 5.99. The van der Waals surface area contributed by atoms with E-state index in [-0.39, 0.29) is 5.38 Å². The highest BCUT2D eigenvalue weighted by Crippen LogP contribution is 2.15. The van der Waals surface area contributed by atoms with E-state index in [4.69, 9.17) is 11.6 Å². The molecule has 2 unspecified atom stereocenters. The van der Waals surface area contributed by atoms with E-state index in [2.05, 4.69) is 25.1 Å². The fourth-order valence-electron chi connectivity index (χ4n) is 1.22. The third-order valence-corrected chi connectivity index (χ3v) is 2.78. The van der Waals surface area contributed by atoms with Crippen LogP contribution in [-0.4, -0.2) is 15.2 Å². The van der Waals surface area contributed by atoms with Gasteiger partial charge in [0.15, 0.2) is 0 Å². The summed E-state index contributed by atoms with van der Waals surface area (Å²) < 4.78 is 1.95. The molecule has 0 amide bonds. The van der Waals surface area contributed by atoms with Crippen LogP contribution < -0.4 is 0 Å². The second-order valence-electron chi connectivity index (χ2n) is 3.56. The van der Waals surface area contributed by atoms with Gasteiger partial charge >= 0.3 is 0 Å². The van der Waals surface area contributed by atoms with Crippen molar-refractivity contribution in [1.82, 2.24) is 9.78 Å². The van der Waals surface area contributed by atoms with Gasteiger partial charge in [0, 0.05) is 18.1 Å². The topological polar surface area (TPSA) is 17.8 Å². The normalized spacial score (nSPS) is 15.7. The first-order valence-corrected chi connectivity index (χ1v) is 5.22. The summed E-state index contributed by atoms with van der Waals surface area (Å²) in [6.07, 6.45) is 5.04. The van der Waals surface area contributed by atoms with Crippen molar-refractivity contribution in [3.05, 3.63) is 18.0 Å². The van der Waals surface area contributed by atoms with E-state index in [9.17, 15) is 0 Å². The summed E-state index contributed by atoms with van der Waals surface area (Å²) in [5.41, 5.74) is 1.28. The van der Waals surface area contributed by atoms with Crippen molar-refractivity contribution in [1.29, 1.82) is 0 Å². The molecular weight excluding hydrogens is 184 g/mol. The lowest BCUT2D eigenvalue weighted by atomic mass is 10.0. The molecule has 1 rings (SSSR count). The molecule has 3 heteroatoms. The first kappa shape index (κ1) is 10.6. The van der Waals surface area contributed by atoms with Gasteiger partial charge < -0.3 is 0 Å². The van der Waals surface area contributed by atoms with E-state index in [1.54, 1.807) is 0 Å². The number of aryl methyl sites for hydroxylation is 1. The molecule has 2 atom stereocenters. The van der Waals surface area contributed by atoms with Crippen LogP contribution in [0.5, 0.6) is 0 Å². The highest BCUT2D eigenvalue weighted by molar-refractivity contribution is 6.20. The van der Waals surface area contributed by atoms with Gasteiger partial charge in [-0.15, -0.1) is 11.6 Å². The number of rotatable bonds is 4. The minimum absolute atomic E-state index is 0.227. The summed E-state index contributed by atoms with van der Waals surface area (Å²) in [4.78, 5) is 0. The van der Waals surface area contributed by atoms with E-state index >= 15 is 0 Å². The summed E-state index contributed by atoms with van der Waals surface area (Å²) in [5.74, 6) is 0.510. The highest BCUT2D eigenvalue weighted by Gasteiger charge is 2.10. The predicted octanol–water partition coefficient (Wildman–Crippen LogP) is 2.71. The summed E-state index contributed by atoms with van der Waals surface area (Å²) in [7, 11) is 0. The van der Waals surface area contributed by atoms with Crippen LogP contribution in [0.2, 0.25) is 0 Å². The van der Waals surface area contributed by atoms with Crippen molar-refractivity contribution in [2.45, 2.75) is 39.1 Å². The summed E-state index contributed by atoms with van der Waals surface area (Å²) in [6, 6.07) is 0. The minimum Gasteiger partial charge on any atom is -0.273 e. The highest BCUT2D eigenvalue weighted by atomic mass is 35.5. The Bertz CT molecular complexity index is 255. The van der Waals surface area contributed by atoms with Crippen molar-refractivity contribution in [2.24, 2.45) is 5.92 Å². The number of alkyl halides is 1. The third kappa shape index (κ3) is 3.03. The third-order valence-electron chi connectivity index (χ3n) is 2.35. The van der Waals surface area contributed by atoms with Gasteiger partial charge in [0.1, 0.15) is 0 Å². The molecule has 0 saturated heterocycles. The fourth-order valence-corrected chi connectivity index (χ4v) is 1.31. The molecule has 0 aromatic carbocycles. The van der Waals surface area contributed by atoms with E-state index in [0.717, 1.165) is 13.0 Å². The Hall–Kier alpha value is -0.500. The molecule has 0 saturated carbocycles. The maximum atomic E-state index is 5.99. The molecule has 0 aliphatic rings. The number of halogens is 1. The molecule has 0 bridgehead atoms. The number of aromatic nitrogens is 2. The van der Waals surface area contributed by atoms with Crippen LogP contribution >= 0.6 is 11.6 Å². The van der Waals surface area contributed by atoms with E-state index in [1.165, 1.54) is 5.56 Å². The second-order valence-corrected chi connectivity index (χ2v) is 4.25. The van der Waals surface area contributed by atoms with Crippen molar-refractivity contribution in [3.63, 3.8) is 0 Å². The van der Waals surface area contributed by atoms with Gasteiger partial charge in [-0.25, -0.2) is 0 Å². The zero-order chi connectivity index (χ0) is 9.84. The Balaban J connectivity index is 2.53. The Morgan fingerprint density at radius 3 is 2.69 bits per heavy atom. The Kier molecular flexibility index (Phi) is 3.79. The Morgan fingerprint density at radius 2 is 2.23 bits per heavy atom. The van der Waals surface area contributed by atoms with Crippen LogP contribution in [0.15, 0.2) is 12.4 Å². The minimum atomic E-state index is 0.227. The van der Waals surface area contributed by atoms with Crippen molar-refractivity contribution >= 4 is 11.6 Å². The monoisotopic (exact) mass is 200 g/mol. The van der Waals surface area contributed by atoms with Crippen LogP contribution in [0, 0.1) is 5.92 Å². The smallest absolute Gasteiger partial charge is 0.0521 e. The number of hydrogen-bond acceptors (Lipinski definition) is 1. The Labute approximate surface area is 84.9 Å². The zero-order valence-electron chi connectivity index (χ0n) is 8.50. The maximum Gasteiger partial charge on any atom is 0.0521 e. The van der Waals surface area contributed by atoms with Crippen LogP contribution in [0.3, 0.4) is 0 Å². The van der Waals surface area contributed by atoms with Crippen molar-refractivity contribution in [2.75, 3.05) is 0 Å². The van der Waals surface area contributed by atoms with Crippen molar-refractivity contribution < 1.29 is 0 Å². The summed E-state index contributed by atoms with van der Waals surface area (Å²) in [6.45, 7) is 7.23. The standard InChI is InChI=1S/C10H17ClN2/c1-4-13-7-10(6-12-13)5-8(2)9(3)11/h6-9H,4-5H2,1-3H3. The summed E-state index contributed by atoms with van der Waals surface area (Å²) in [5, 5.41) is 4.45. The van der Waals surface area contributed by atoms with E-state index in [0.29, 0.717) is 5.92 Å². The largest absolute Gasteiger partial charge is 0.273 e. The lowest BCUT2D eigenvalue weighted by Gasteiger charge is -2.11. The quantitative estimate of drug-likeness (QED) is 0.684. The predicted molar refractivity (Wildman–Crippen MR) is 56.1 cm³/mol. The molecule has 0 aliphatic carbocycles. The SMILES string of the molecule is CCn1cc(CC(C)C(C)Cl)cn1. The molecule has 1 aromatic rings. The van der Waals surface area contributed by atoms with E-state index in [1.807, 2.05) is 17.8 Å². The second kappa shape index (κ2) is 4.66. The molecule has 13 heavy (non-hydrogen) atoms. The average Bonchev–Trinajstić information content (AvgIpc) is 2.52. The lowest BCUT2D eigenvalue weighted by Crippen LogP contribution is -2.09. The van der Waals surface area contributed by atoms with Crippen molar-refractivity contribution in [3.8, 4) is 0 Å². The van der Waals surface area contributed by atoms with E-state index < -0.39 is 0 Å². The molecule has 0 radical (unpaired) electrons. The van der Waals surface area contributed by atoms with Crippen LogP contribution in [-0.2, 0) is 13.0 Å². The van der Waals surface area contributed by atoms with Gasteiger partial charge in [-0.05, 0) is 31.7 Å². The number of nitrogens with zero attached hydrogens (tertiary/aromatic N) is 2. The first-order chi connectivity index (χ1) is 6.13. The zero-order valence-corrected chi connectivity index (χ0v) is 9.25. The molecule has 0 spiro atoms. The average molecular weight is 201 g/mol.